The van der Waals surface area contributed by atoms with Crippen molar-refractivity contribution in [2.75, 3.05) is 0 Å². The van der Waals surface area contributed by atoms with Gasteiger partial charge in [0, 0.05) is 42.8 Å². The molecule has 1 radical (unpaired) electrons. The molecular weight excluding hydrogens is 440 g/mol. The van der Waals surface area contributed by atoms with Crippen LogP contribution in [0.5, 0.6) is 0 Å². The number of ether oxygens (including phenoxy) is 2. The van der Waals surface area contributed by atoms with E-state index in [1.54, 1.807) is 0 Å². The van der Waals surface area contributed by atoms with E-state index in [0.717, 1.165) is 12.1 Å². The zero-order valence-electron chi connectivity index (χ0n) is 18.1. The maximum atomic E-state index is 4.58. The van der Waals surface area contributed by atoms with Crippen molar-refractivity contribution in [3.63, 3.8) is 0 Å². The van der Waals surface area contributed by atoms with E-state index < -0.39 is 0 Å². The van der Waals surface area contributed by atoms with Crippen LogP contribution in [0, 0.1) is 0 Å². The standard InChI is InChI=1S/2C10H15N2.C4H4O2.Cu/c2*1-2-4-10(5-3-1)12-8-6-11-7-9-12;1-2-6-4-3-5-1;/h2*6-10H,1-5H2;1-4H;/q2*+1;;. The van der Waals surface area contributed by atoms with Crippen LogP contribution in [0.3, 0.4) is 0 Å². The van der Waals surface area contributed by atoms with Gasteiger partial charge in [-0.2, -0.15) is 9.13 Å². The zero-order chi connectivity index (χ0) is 20.7. The second-order valence-electron chi connectivity index (χ2n) is 7.79. The molecule has 2 saturated carbocycles. The molecule has 0 aromatic carbocycles. The van der Waals surface area contributed by atoms with Crippen LogP contribution in [0.4, 0.5) is 0 Å². The molecule has 2 fully saturated rings. The van der Waals surface area contributed by atoms with E-state index >= 15 is 0 Å². The first kappa shape index (κ1) is 25.0. The van der Waals surface area contributed by atoms with Gasteiger partial charge in [-0.25, -0.2) is 0 Å². The van der Waals surface area contributed by atoms with Crippen LogP contribution in [0.15, 0.2) is 74.6 Å². The van der Waals surface area contributed by atoms with Gasteiger partial charge in [0.2, 0.25) is 0 Å². The summed E-state index contributed by atoms with van der Waals surface area (Å²) in [7, 11) is 0. The van der Waals surface area contributed by atoms with Gasteiger partial charge in [0.25, 0.3) is 0 Å². The Bertz CT molecular complexity index is 673. The average molecular weight is 474 g/mol. The summed E-state index contributed by atoms with van der Waals surface area (Å²) in [5.74, 6) is 0. The maximum Gasteiger partial charge on any atom is 0.187 e. The minimum atomic E-state index is 0. The van der Waals surface area contributed by atoms with Crippen LogP contribution in [0.1, 0.15) is 76.3 Å². The van der Waals surface area contributed by atoms with Crippen LogP contribution in [0.25, 0.3) is 0 Å². The number of hydrogen-bond donors (Lipinski definition) is 0. The molecule has 171 valence electrons. The number of rotatable bonds is 2. The molecule has 6 nitrogen and oxygen atoms in total. The van der Waals surface area contributed by atoms with E-state index in [2.05, 4.69) is 53.4 Å². The first-order valence-electron chi connectivity index (χ1n) is 11.2. The monoisotopic (exact) mass is 473 g/mol. The number of nitrogens with zero attached hydrogens (tertiary/aromatic N) is 4. The fourth-order valence-corrected chi connectivity index (χ4v) is 4.12. The van der Waals surface area contributed by atoms with Crippen molar-refractivity contribution in [1.29, 1.82) is 0 Å². The smallest absolute Gasteiger partial charge is 0.187 e. The summed E-state index contributed by atoms with van der Waals surface area (Å²) in [6.07, 6.45) is 35.4. The quantitative estimate of drug-likeness (QED) is 0.467. The molecule has 2 aliphatic carbocycles. The largest absolute Gasteiger partial charge is 0.466 e. The summed E-state index contributed by atoms with van der Waals surface area (Å²) in [4.78, 5) is 8.04. The van der Waals surface area contributed by atoms with Gasteiger partial charge in [0.1, 0.15) is 25.0 Å². The minimum absolute atomic E-state index is 0. The van der Waals surface area contributed by atoms with Crippen LogP contribution >= 0.6 is 0 Å². The van der Waals surface area contributed by atoms with Crippen LogP contribution < -0.4 is 9.13 Å². The summed E-state index contributed by atoms with van der Waals surface area (Å²) in [6, 6.07) is 1.48. The van der Waals surface area contributed by atoms with Gasteiger partial charge in [-0.3, -0.25) is 9.97 Å². The fourth-order valence-electron chi connectivity index (χ4n) is 4.12. The normalized spacial score (nSPS) is 18.1. The molecule has 2 aromatic rings. The summed E-state index contributed by atoms with van der Waals surface area (Å²) in [5, 5.41) is 0. The van der Waals surface area contributed by atoms with Gasteiger partial charge in [-0.15, -0.1) is 0 Å². The molecule has 3 aliphatic rings. The molecule has 5 rings (SSSR count). The Balaban J connectivity index is 0.000000172. The Kier molecular flexibility index (Phi) is 12.5. The zero-order valence-corrected chi connectivity index (χ0v) is 19.0. The molecule has 0 unspecified atom stereocenters. The van der Waals surface area contributed by atoms with E-state index in [0.29, 0.717) is 0 Å². The molecule has 31 heavy (non-hydrogen) atoms. The molecule has 0 spiro atoms. The topological polar surface area (TPSA) is 52.0 Å². The second kappa shape index (κ2) is 15.5. The number of aromatic nitrogens is 4. The third kappa shape index (κ3) is 9.62. The summed E-state index contributed by atoms with van der Waals surface area (Å²) in [5.41, 5.74) is 0. The molecule has 2 aromatic heterocycles. The maximum absolute atomic E-state index is 4.58. The molecule has 0 bridgehead atoms. The third-order valence-electron chi connectivity index (χ3n) is 5.72. The fraction of sp³-hybridized carbons (Fsp3) is 0.500. The molecule has 0 N–H and O–H groups in total. The van der Waals surface area contributed by atoms with Gasteiger partial charge >= 0.3 is 0 Å². The minimum Gasteiger partial charge on any atom is -0.466 e. The van der Waals surface area contributed by atoms with Crippen molar-refractivity contribution in [2.24, 2.45) is 0 Å². The second-order valence-corrected chi connectivity index (χ2v) is 7.79. The molecule has 7 heteroatoms. The Morgan fingerprint density at radius 1 is 0.516 bits per heavy atom. The Labute approximate surface area is 196 Å². The van der Waals surface area contributed by atoms with Crippen molar-refractivity contribution in [1.82, 2.24) is 9.97 Å². The van der Waals surface area contributed by atoms with E-state index in [4.69, 9.17) is 0 Å². The molecule has 1 aliphatic heterocycles. The average Bonchev–Trinajstić information content (AvgIpc) is 2.88. The van der Waals surface area contributed by atoms with E-state index in [-0.39, 0.29) is 17.1 Å². The first-order chi connectivity index (χ1) is 14.9. The Morgan fingerprint density at radius 2 is 0.839 bits per heavy atom. The Morgan fingerprint density at radius 3 is 1.13 bits per heavy atom. The van der Waals surface area contributed by atoms with Crippen molar-refractivity contribution in [3.8, 4) is 0 Å². The van der Waals surface area contributed by atoms with Gasteiger partial charge in [0.15, 0.2) is 36.9 Å². The molecule has 0 atom stereocenters. The van der Waals surface area contributed by atoms with Gasteiger partial charge in [-0.1, -0.05) is 12.8 Å². The van der Waals surface area contributed by atoms with Gasteiger partial charge in [-0.05, 0) is 25.7 Å². The SMILES string of the molecule is C1=COC=CO1.[Cu].c1c[n+](C2CCCCC2)ccn1.c1c[n+](C2CCCCC2)ccn1. The number of hydrogen-bond acceptors (Lipinski definition) is 4. The van der Waals surface area contributed by atoms with Crippen LogP contribution in [-0.2, 0) is 26.5 Å². The van der Waals surface area contributed by atoms with Gasteiger partial charge < -0.3 is 9.47 Å². The van der Waals surface area contributed by atoms with E-state index in [1.807, 2.05) is 24.8 Å². The van der Waals surface area contributed by atoms with Crippen LogP contribution in [0.2, 0.25) is 0 Å². The third-order valence-corrected chi connectivity index (χ3v) is 5.72. The Hall–Kier alpha value is -2.24. The predicted octanol–water partition coefficient (Wildman–Crippen LogP) is 4.72. The molecule has 3 heterocycles. The summed E-state index contributed by atoms with van der Waals surface area (Å²) < 4.78 is 13.8. The van der Waals surface area contributed by atoms with Crippen molar-refractivity contribution in [2.45, 2.75) is 76.3 Å². The van der Waals surface area contributed by atoms with Gasteiger partial charge in [0.05, 0.1) is 24.8 Å². The predicted molar refractivity (Wildman–Crippen MR) is 114 cm³/mol. The van der Waals surface area contributed by atoms with E-state index in [9.17, 15) is 0 Å². The summed E-state index contributed by atoms with van der Waals surface area (Å²) >= 11 is 0. The van der Waals surface area contributed by atoms with Crippen molar-refractivity contribution < 1.29 is 35.7 Å². The van der Waals surface area contributed by atoms with Crippen LogP contribution in [-0.4, -0.2) is 9.97 Å². The first-order valence-corrected chi connectivity index (χ1v) is 11.2. The van der Waals surface area contributed by atoms with Crippen molar-refractivity contribution in [3.05, 3.63) is 74.6 Å². The molecule has 0 saturated heterocycles. The molecular formula is C24H34CuN4O2+2. The van der Waals surface area contributed by atoms with E-state index in [1.165, 1.54) is 89.3 Å². The molecule has 0 amide bonds. The van der Waals surface area contributed by atoms with Crippen molar-refractivity contribution >= 4 is 0 Å². The summed E-state index contributed by atoms with van der Waals surface area (Å²) in [6.45, 7) is 0.